The number of benzene rings is 2. The van der Waals surface area contributed by atoms with E-state index in [4.69, 9.17) is 13.6 Å². The summed E-state index contributed by atoms with van der Waals surface area (Å²) in [5.41, 5.74) is 0.660. The Balaban J connectivity index is 1.75. The number of methoxy groups -OCH3 is 1. The summed E-state index contributed by atoms with van der Waals surface area (Å²) in [6, 6.07) is 24.1. The van der Waals surface area contributed by atoms with Crippen molar-refractivity contribution < 1.29 is 23.5 Å². The van der Waals surface area contributed by atoms with Crippen LogP contribution in [-0.2, 0) is 18.4 Å². The average Bonchev–Trinajstić information content (AvgIpc) is 3.49. The van der Waals surface area contributed by atoms with E-state index in [1.54, 1.807) is 0 Å². The van der Waals surface area contributed by atoms with Crippen LogP contribution in [0.2, 0.25) is 23.2 Å². The first-order valence-corrected chi connectivity index (χ1v) is 20.5. The topological polar surface area (TPSA) is 65.0 Å². The lowest BCUT2D eigenvalue weighted by molar-refractivity contribution is -0.136. The van der Waals surface area contributed by atoms with Gasteiger partial charge in [0.2, 0.25) is 0 Å². The molecule has 4 atom stereocenters. The van der Waals surface area contributed by atoms with Gasteiger partial charge in [0.1, 0.15) is 0 Å². The van der Waals surface area contributed by atoms with Gasteiger partial charge >= 0.3 is 5.97 Å². The van der Waals surface area contributed by atoms with Crippen LogP contribution in [-0.4, -0.2) is 53.1 Å². The van der Waals surface area contributed by atoms with Gasteiger partial charge < -0.3 is 18.7 Å². The maximum Gasteiger partial charge on any atom is 0.333 e. The third-order valence-corrected chi connectivity index (χ3v) is 20.2. The number of carbonyl (C=O) groups is 1. The van der Waals surface area contributed by atoms with Crippen molar-refractivity contribution in [3.8, 4) is 0 Å². The molecule has 2 fully saturated rings. The number of ether oxygens (including phenoxy) is 1. The van der Waals surface area contributed by atoms with Gasteiger partial charge in [-0.3, -0.25) is 0 Å². The molecular weight excluding hydrogens is 569 g/mol. The van der Waals surface area contributed by atoms with Gasteiger partial charge in [-0.1, -0.05) is 108 Å². The van der Waals surface area contributed by atoms with Crippen molar-refractivity contribution in [2.24, 2.45) is 11.8 Å². The highest BCUT2D eigenvalue weighted by Gasteiger charge is 2.63. The quantitative estimate of drug-likeness (QED) is 0.116. The van der Waals surface area contributed by atoms with Gasteiger partial charge in [-0.25, -0.2) is 4.79 Å². The SMILES string of the molecule is C=C[C@@]1(O[Si](CC)(CC)CC)[C@@H]2CC[C@H]1/C(=C(\CCO[Si](c1ccccc1)(c1ccccc1)C(C)(C)C)C(=O)OC)[C@H]2O. The Hall–Kier alpha value is -2.30. The van der Waals surface area contributed by atoms with Crippen LogP contribution >= 0.6 is 0 Å². The van der Waals surface area contributed by atoms with Crippen molar-refractivity contribution in [1.82, 2.24) is 0 Å². The molecule has 0 radical (unpaired) electrons. The van der Waals surface area contributed by atoms with Crippen molar-refractivity contribution in [3.05, 3.63) is 84.5 Å². The summed E-state index contributed by atoms with van der Waals surface area (Å²) in [7, 11) is -3.40. The van der Waals surface area contributed by atoms with Gasteiger partial charge in [0.05, 0.1) is 18.8 Å². The van der Waals surface area contributed by atoms with E-state index >= 15 is 0 Å². The number of aliphatic hydroxyl groups excluding tert-OH is 1. The Morgan fingerprint density at radius 1 is 0.977 bits per heavy atom. The molecule has 4 rings (SSSR count). The molecule has 0 aromatic heterocycles. The maximum atomic E-state index is 13.5. The van der Waals surface area contributed by atoms with E-state index in [1.165, 1.54) is 17.5 Å². The lowest BCUT2D eigenvalue weighted by atomic mass is 9.86. The number of hydrogen-bond acceptors (Lipinski definition) is 5. The molecular formula is C36H52O5Si2. The van der Waals surface area contributed by atoms with Crippen molar-refractivity contribution >= 4 is 33.0 Å². The highest BCUT2D eigenvalue weighted by Crippen LogP contribution is 2.60. The van der Waals surface area contributed by atoms with Gasteiger partial charge in [0.15, 0.2) is 8.32 Å². The Labute approximate surface area is 261 Å². The molecule has 0 heterocycles. The predicted molar refractivity (Wildman–Crippen MR) is 181 cm³/mol. The smallest absolute Gasteiger partial charge is 0.333 e. The molecule has 5 nitrogen and oxygen atoms in total. The van der Waals surface area contributed by atoms with E-state index in [0.29, 0.717) is 18.6 Å². The van der Waals surface area contributed by atoms with Crippen molar-refractivity contribution in [3.63, 3.8) is 0 Å². The summed E-state index contributed by atoms with van der Waals surface area (Å²) in [6.45, 7) is 18.0. The van der Waals surface area contributed by atoms with Crippen molar-refractivity contribution in [2.75, 3.05) is 13.7 Å². The van der Waals surface area contributed by atoms with Crippen LogP contribution in [0, 0.1) is 11.8 Å². The molecule has 1 N–H and O–H groups in total. The largest absolute Gasteiger partial charge is 0.466 e. The highest BCUT2D eigenvalue weighted by molar-refractivity contribution is 6.99. The second-order valence-electron chi connectivity index (χ2n) is 13.3. The minimum atomic E-state index is -2.79. The zero-order chi connectivity index (χ0) is 31.5. The molecule has 0 aliphatic heterocycles. The number of rotatable bonds is 13. The van der Waals surface area contributed by atoms with Gasteiger partial charge in [-0.2, -0.15) is 0 Å². The fraction of sp³-hybridized carbons (Fsp3) is 0.528. The minimum absolute atomic E-state index is 0.0940. The molecule has 2 aliphatic rings. The average molecular weight is 621 g/mol. The zero-order valence-electron chi connectivity index (χ0n) is 27.3. The molecule has 0 spiro atoms. The standard InChI is InChI=1S/C36H52O5Si2/c1-9-36(41-42(10-2,11-3)12-4)30-23-24-31(36)33(37)32(30)29(34(38)39-8)25-26-40-43(35(5,6)7,27-19-15-13-16-20-27)28-21-17-14-18-22-28/h9,13-22,30-31,33,37H,1,10-12,23-26H2,2-8H3/b32-29-/t30-,31+,33-,36-/m0/s1. The van der Waals surface area contributed by atoms with E-state index < -0.39 is 34.3 Å². The lowest BCUT2D eigenvalue weighted by Gasteiger charge is -2.43. The van der Waals surface area contributed by atoms with Gasteiger partial charge in [0, 0.05) is 30.4 Å². The molecule has 7 heteroatoms. The number of carbonyl (C=O) groups excluding carboxylic acids is 1. The van der Waals surface area contributed by atoms with Crippen LogP contribution in [0.3, 0.4) is 0 Å². The number of hydrogen-bond donors (Lipinski definition) is 1. The maximum absolute atomic E-state index is 13.5. The van der Waals surface area contributed by atoms with E-state index in [-0.39, 0.29) is 16.9 Å². The van der Waals surface area contributed by atoms with Crippen LogP contribution in [0.1, 0.15) is 60.8 Å². The third-order valence-electron chi connectivity index (χ3n) is 10.5. The summed E-state index contributed by atoms with van der Waals surface area (Å²) >= 11 is 0. The molecule has 2 saturated carbocycles. The normalized spacial score (nSPS) is 25.1. The Kier molecular flexibility index (Phi) is 10.4. The summed E-state index contributed by atoms with van der Waals surface area (Å²) < 4.78 is 19.7. The molecule has 43 heavy (non-hydrogen) atoms. The molecule has 0 saturated heterocycles. The van der Waals surface area contributed by atoms with Gasteiger partial charge in [-0.15, -0.1) is 6.58 Å². The summed E-state index contributed by atoms with van der Waals surface area (Å²) in [4.78, 5) is 13.5. The molecule has 2 aliphatic carbocycles. The van der Waals surface area contributed by atoms with Crippen LogP contribution in [0.15, 0.2) is 84.5 Å². The molecule has 2 bridgehead atoms. The third kappa shape index (κ3) is 5.79. The van der Waals surface area contributed by atoms with Crippen molar-refractivity contribution in [2.45, 2.75) is 95.7 Å². The Morgan fingerprint density at radius 3 is 1.95 bits per heavy atom. The van der Waals surface area contributed by atoms with Crippen molar-refractivity contribution in [1.29, 1.82) is 0 Å². The lowest BCUT2D eigenvalue weighted by Crippen LogP contribution is -2.66. The zero-order valence-corrected chi connectivity index (χ0v) is 29.3. The first-order chi connectivity index (χ1) is 20.5. The number of esters is 1. The second kappa shape index (κ2) is 13.4. The van der Waals surface area contributed by atoms with Gasteiger partial charge in [0.25, 0.3) is 8.32 Å². The first-order valence-electron chi connectivity index (χ1n) is 16.1. The van der Waals surface area contributed by atoms with Crippen LogP contribution in [0.4, 0.5) is 0 Å². The molecule has 234 valence electrons. The molecule has 0 unspecified atom stereocenters. The second-order valence-corrected chi connectivity index (χ2v) is 22.3. The van der Waals surface area contributed by atoms with E-state index in [9.17, 15) is 9.90 Å². The predicted octanol–water partition coefficient (Wildman–Crippen LogP) is 6.77. The monoisotopic (exact) mass is 620 g/mol. The summed E-state index contributed by atoms with van der Waals surface area (Å²) in [5, 5.41) is 14.0. The van der Waals surface area contributed by atoms with Gasteiger partial charge in [-0.05, 0) is 52.0 Å². The molecule has 0 amide bonds. The fourth-order valence-corrected chi connectivity index (χ4v) is 15.7. The van der Waals surface area contributed by atoms with Crippen LogP contribution in [0.5, 0.6) is 0 Å². The highest BCUT2D eigenvalue weighted by atomic mass is 28.4. The van der Waals surface area contributed by atoms with E-state index in [2.05, 4.69) is 96.7 Å². The van der Waals surface area contributed by atoms with Crippen LogP contribution in [0.25, 0.3) is 0 Å². The fourth-order valence-electron chi connectivity index (χ4n) is 8.05. The molecule has 2 aromatic rings. The Bertz CT molecular complexity index is 1230. The van der Waals surface area contributed by atoms with E-state index in [0.717, 1.165) is 36.5 Å². The minimum Gasteiger partial charge on any atom is -0.466 e. The molecule has 2 aromatic carbocycles. The summed E-state index contributed by atoms with van der Waals surface area (Å²) in [6.07, 6.45) is 3.26. The van der Waals surface area contributed by atoms with E-state index in [1.807, 2.05) is 18.2 Å². The first kappa shape index (κ1) is 33.6. The van der Waals surface area contributed by atoms with Crippen LogP contribution < -0.4 is 10.4 Å². The number of fused-ring (bicyclic) bond motifs is 2. The Morgan fingerprint density at radius 2 is 1.51 bits per heavy atom. The number of aliphatic hydroxyl groups is 1. The summed E-state index contributed by atoms with van der Waals surface area (Å²) in [5.74, 6) is -0.599.